The highest BCUT2D eigenvalue weighted by atomic mass is 31.2. The molecule has 2 aromatic carbocycles. The van der Waals surface area contributed by atoms with E-state index in [1.54, 1.807) is 44.2 Å². The SMILES string of the molecule is COC(=O)C(NP(Oc1ccccc1)N1CCC(NC(=O)/C(N)=C(/C=N/P(=O)(NC(C)C)Oc2ccccc2)NC=O)CC1)C(C)C. The Morgan fingerprint density at radius 1 is 1.02 bits per heavy atom. The third-order valence-electron chi connectivity index (χ3n) is 6.85. The lowest BCUT2D eigenvalue weighted by atomic mass is 10.1. The second kappa shape index (κ2) is 18.5. The van der Waals surface area contributed by atoms with Gasteiger partial charge in [0.1, 0.15) is 23.2 Å². The Labute approximate surface area is 277 Å². The van der Waals surface area contributed by atoms with Gasteiger partial charge in [-0.15, -0.1) is 0 Å². The van der Waals surface area contributed by atoms with E-state index in [0.717, 1.165) is 6.21 Å². The number of carbonyl (C=O) groups excluding carboxylic acids is 3. The molecule has 1 heterocycles. The van der Waals surface area contributed by atoms with Crippen molar-refractivity contribution in [2.24, 2.45) is 16.4 Å². The summed E-state index contributed by atoms with van der Waals surface area (Å²) >= 11 is 0. The summed E-state index contributed by atoms with van der Waals surface area (Å²) in [4.78, 5) is 37.1. The van der Waals surface area contributed by atoms with E-state index in [-0.39, 0.29) is 35.4 Å². The Kier molecular flexibility index (Phi) is 14.8. The Balaban J connectivity index is 1.71. The van der Waals surface area contributed by atoms with Gasteiger partial charge in [-0.2, -0.15) is 4.76 Å². The molecule has 0 saturated carbocycles. The molecule has 1 fully saturated rings. The van der Waals surface area contributed by atoms with Gasteiger partial charge in [0.05, 0.1) is 19.0 Å². The summed E-state index contributed by atoms with van der Waals surface area (Å²) in [5, 5.41) is 11.4. The third kappa shape index (κ3) is 12.1. The molecule has 0 spiro atoms. The second-order valence-electron chi connectivity index (χ2n) is 11.3. The van der Waals surface area contributed by atoms with Crippen LogP contribution in [0.4, 0.5) is 0 Å². The molecule has 14 nitrogen and oxygen atoms in total. The molecule has 1 aliphatic heterocycles. The summed E-state index contributed by atoms with van der Waals surface area (Å²) in [5.41, 5.74) is 5.71. The number of ether oxygens (including phenoxy) is 1. The number of allylic oxidation sites excluding steroid dienone is 1. The van der Waals surface area contributed by atoms with Crippen LogP contribution in [0.25, 0.3) is 0 Å². The first-order valence-corrected chi connectivity index (χ1v) is 18.0. The van der Waals surface area contributed by atoms with Crippen LogP contribution in [0.5, 0.6) is 11.5 Å². The van der Waals surface area contributed by atoms with E-state index in [0.29, 0.717) is 43.8 Å². The maximum Gasteiger partial charge on any atom is 0.438 e. The van der Waals surface area contributed by atoms with Crippen LogP contribution in [-0.4, -0.2) is 67.5 Å². The molecule has 3 rings (SSSR count). The van der Waals surface area contributed by atoms with Gasteiger partial charge in [-0.05, 0) is 56.9 Å². The molecule has 256 valence electrons. The zero-order chi connectivity index (χ0) is 34.4. The van der Waals surface area contributed by atoms with Crippen LogP contribution in [0.1, 0.15) is 40.5 Å². The molecule has 2 amide bonds. The van der Waals surface area contributed by atoms with Crippen LogP contribution in [-0.2, 0) is 23.7 Å². The molecule has 2 aromatic rings. The fourth-order valence-electron chi connectivity index (χ4n) is 4.46. The Morgan fingerprint density at radius 3 is 2.15 bits per heavy atom. The maximum atomic E-state index is 13.5. The number of amides is 2. The van der Waals surface area contributed by atoms with Crippen LogP contribution in [0, 0.1) is 5.92 Å². The summed E-state index contributed by atoms with van der Waals surface area (Å²) in [5.74, 6) is -0.0617. The topological polar surface area (TPSA) is 186 Å². The van der Waals surface area contributed by atoms with E-state index in [4.69, 9.17) is 19.5 Å². The highest BCUT2D eigenvalue weighted by Gasteiger charge is 2.34. The molecule has 0 radical (unpaired) electrons. The lowest BCUT2D eigenvalue weighted by Gasteiger charge is -2.38. The molecule has 16 heteroatoms. The maximum absolute atomic E-state index is 13.5. The Hall–Kier alpha value is -3.80. The number of nitrogens with two attached hydrogens (primary N) is 1. The summed E-state index contributed by atoms with van der Waals surface area (Å²) in [6, 6.07) is 16.8. The molecule has 47 heavy (non-hydrogen) atoms. The van der Waals surface area contributed by atoms with Crippen molar-refractivity contribution in [2.45, 2.75) is 58.7 Å². The zero-order valence-corrected chi connectivity index (χ0v) is 29.1. The summed E-state index contributed by atoms with van der Waals surface area (Å²) < 4.78 is 36.7. The number of nitrogens with one attached hydrogen (secondary N) is 4. The smallest absolute Gasteiger partial charge is 0.438 e. The van der Waals surface area contributed by atoms with Crippen LogP contribution in [0.3, 0.4) is 0 Å². The molecule has 0 aliphatic carbocycles. The monoisotopic (exact) mass is 689 g/mol. The first kappa shape index (κ1) is 37.7. The normalized spacial score (nSPS) is 17.3. The number of para-hydroxylation sites is 2. The molecule has 0 aromatic heterocycles. The summed E-state index contributed by atoms with van der Waals surface area (Å²) in [6.07, 6.45) is 2.52. The predicted molar refractivity (Wildman–Crippen MR) is 182 cm³/mol. The Morgan fingerprint density at radius 2 is 1.62 bits per heavy atom. The lowest BCUT2D eigenvalue weighted by Crippen LogP contribution is -2.48. The molecule has 6 N–H and O–H groups in total. The van der Waals surface area contributed by atoms with Gasteiger partial charge in [0.25, 0.3) is 5.91 Å². The van der Waals surface area contributed by atoms with Crippen molar-refractivity contribution in [3.63, 3.8) is 0 Å². The number of rotatable bonds is 17. The quantitative estimate of drug-likeness (QED) is 0.0535. The van der Waals surface area contributed by atoms with Crippen LogP contribution in [0.15, 0.2) is 76.8 Å². The summed E-state index contributed by atoms with van der Waals surface area (Å²) in [6.45, 7) is 8.51. The third-order valence-corrected chi connectivity index (χ3v) is 10.4. The van der Waals surface area contributed by atoms with Gasteiger partial charge in [0, 0.05) is 25.2 Å². The van der Waals surface area contributed by atoms with Gasteiger partial charge < -0.3 is 30.2 Å². The Bertz CT molecular complexity index is 1420. The van der Waals surface area contributed by atoms with Crippen LogP contribution in [0.2, 0.25) is 0 Å². The first-order chi connectivity index (χ1) is 22.4. The minimum atomic E-state index is -3.86. The van der Waals surface area contributed by atoms with Gasteiger partial charge in [-0.25, -0.2) is 19.4 Å². The number of piperidine rings is 1. The van der Waals surface area contributed by atoms with E-state index in [2.05, 4.69) is 30.2 Å². The first-order valence-electron chi connectivity index (χ1n) is 15.3. The standard InChI is InChI=1S/C31H45N7O7P2/c1-22(2)29(31(41)43-5)36-46(44-25-12-8-6-9-13-25)38-18-16-24(17-19-38)35-30(40)28(32)27(33-21-39)20-34-47(42,37-23(3)4)45-26-14-10-7-11-15-26/h6-15,20-24,29,36H,16-19,32H2,1-5H3,(H,33,39)(H,35,40)(H,37,42)/b28-27+,34-20+. The molecule has 1 aliphatic rings. The molecule has 0 bridgehead atoms. The fourth-order valence-corrected chi connectivity index (χ4v) is 7.84. The molecular weight excluding hydrogens is 644 g/mol. The van der Waals surface area contributed by atoms with Gasteiger partial charge in [-0.1, -0.05) is 50.2 Å². The number of methoxy groups -OCH3 is 1. The van der Waals surface area contributed by atoms with E-state index in [1.165, 1.54) is 7.11 Å². The van der Waals surface area contributed by atoms with Crippen LogP contribution < -0.4 is 35.6 Å². The van der Waals surface area contributed by atoms with Crippen molar-refractivity contribution in [1.82, 2.24) is 25.5 Å². The predicted octanol–water partition coefficient (Wildman–Crippen LogP) is 3.83. The highest BCUT2D eigenvalue weighted by Crippen LogP contribution is 2.45. The van der Waals surface area contributed by atoms with Crippen molar-refractivity contribution in [3.8, 4) is 11.5 Å². The van der Waals surface area contributed by atoms with Crippen molar-refractivity contribution in [3.05, 3.63) is 72.1 Å². The molecular formula is C31H45N7O7P2. The van der Waals surface area contributed by atoms with E-state index in [1.807, 2.05) is 44.2 Å². The van der Waals surface area contributed by atoms with E-state index in [9.17, 15) is 18.9 Å². The van der Waals surface area contributed by atoms with Crippen molar-refractivity contribution in [2.75, 3.05) is 20.2 Å². The lowest BCUT2D eigenvalue weighted by molar-refractivity contribution is -0.143. The number of carbonyl (C=O) groups is 3. The number of benzene rings is 2. The zero-order valence-electron chi connectivity index (χ0n) is 27.3. The van der Waals surface area contributed by atoms with Gasteiger partial charge >= 0.3 is 13.6 Å². The highest BCUT2D eigenvalue weighted by molar-refractivity contribution is 7.56. The summed E-state index contributed by atoms with van der Waals surface area (Å²) in [7, 11) is -3.95. The average molecular weight is 690 g/mol. The van der Waals surface area contributed by atoms with Gasteiger partial charge in [0.15, 0.2) is 0 Å². The van der Waals surface area contributed by atoms with Crippen molar-refractivity contribution < 1.29 is 32.7 Å². The molecule has 1 saturated heterocycles. The largest absolute Gasteiger partial charge is 0.468 e. The van der Waals surface area contributed by atoms with Gasteiger partial charge in [0.2, 0.25) is 14.9 Å². The fraction of sp³-hybridized carbons (Fsp3) is 0.419. The minimum Gasteiger partial charge on any atom is -0.468 e. The number of hydrogen-bond acceptors (Lipinski definition) is 10. The number of nitrogens with zero attached hydrogens (tertiary/aromatic N) is 2. The number of esters is 1. The van der Waals surface area contributed by atoms with E-state index >= 15 is 0 Å². The average Bonchev–Trinajstić information content (AvgIpc) is 3.05. The molecule has 3 atom stereocenters. The van der Waals surface area contributed by atoms with Gasteiger partial charge in [-0.3, -0.25) is 14.4 Å². The van der Waals surface area contributed by atoms with Crippen LogP contribution >= 0.6 is 16.1 Å². The van der Waals surface area contributed by atoms with Crippen molar-refractivity contribution >= 4 is 40.6 Å². The van der Waals surface area contributed by atoms with E-state index < -0.39 is 28.1 Å². The number of hydrogen-bond donors (Lipinski definition) is 5. The second-order valence-corrected chi connectivity index (χ2v) is 14.6. The molecule has 3 unspecified atom stereocenters. The van der Waals surface area contributed by atoms with Crippen molar-refractivity contribution in [1.29, 1.82) is 0 Å². The minimum absolute atomic E-state index is 0.0453.